The van der Waals surface area contributed by atoms with Crippen LogP contribution in [0.25, 0.3) is 0 Å². The van der Waals surface area contributed by atoms with Gasteiger partial charge >= 0.3 is 0 Å². The van der Waals surface area contributed by atoms with E-state index in [9.17, 15) is 9.59 Å². The van der Waals surface area contributed by atoms with Crippen LogP contribution in [0.4, 0.5) is 11.4 Å². The second-order valence-corrected chi connectivity index (χ2v) is 8.19. The number of likely N-dealkylation sites (N-methyl/N-ethyl adjacent to an activating group) is 1. The average Bonchev–Trinajstić information content (AvgIpc) is 2.94. The first-order valence-corrected chi connectivity index (χ1v) is 9.85. The smallest absolute Gasteiger partial charge is 0.241 e. The van der Waals surface area contributed by atoms with Crippen molar-refractivity contribution in [1.82, 2.24) is 4.90 Å². The van der Waals surface area contributed by atoms with Gasteiger partial charge < -0.3 is 10.2 Å². The molecule has 1 aliphatic rings. The number of fused-ring (bicyclic) bond motifs is 1. The Morgan fingerprint density at radius 1 is 1.35 bits per heavy atom. The Kier molecular flexibility index (Phi) is 5.96. The standard InChI is InChI=1S/C19H22ClN3O2S/c1-3-22(11-14-8-9-17(20)26-14)12-19(25)23-13(2)10-18(24)21-15-6-4-5-7-16(15)23/h4-9,13H,3,10-12H2,1-2H3,(H,21,24)/t13-/m1/s1. The summed E-state index contributed by atoms with van der Waals surface area (Å²) in [5.74, 6) is -0.0771. The van der Waals surface area contributed by atoms with Crippen LogP contribution < -0.4 is 10.2 Å². The summed E-state index contributed by atoms with van der Waals surface area (Å²) in [6.07, 6.45) is 0.285. The highest BCUT2D eigenvalue weighted by molar-refractivity contribution is 7.16. The first-order chi connectivity index (χ1) is 12.5. The van der Waals surface area contributed by atoms with E-state index < -0.39 is 0 Å². The number of amides is 2. The summed E-state index contributed by atoms with van der Waals surface area (Å²) in [5, 5.41) is 2.89. The van der Waals surface area contributed by atoms with Gasteiger partial charge in [-0.2, -0.15) is 0 Å². The van der Waals surface area contributed by atoms with Crippen molar-refractivity contribution >= 4 is 46.1 Å². The van der Waals surface area contributed by atoms with Crippen molar-refractivity contribution in [2.75, 3.05) is 23.3 Å². The molecule has 2 amide bonds. The Hall–Kier alpha value is -1.89. The molecule has 0 fully saturated rings. The van der Waals surface area contributed by atoms with Crippen LogP contribution in [0.5, 0.6) is 0 Å². The van der Waals surface area contributed by atoms with Gasteiger partial charge in [-0.3, -0.25) is 14.5 Å². The van der Waals surface area contributed by atoms with Crippen LogP contribution in [0, 0.1) is 0 Å². The van der Waals surface area contributed by atoms with Crippen LogP contribution in [0.15, 0.2) is 36.4 Å². The van der Waals surface area contributed by atoms with E-state index in [1.165, 1.54) is 11.3 Å². The second kappa shape index (κ2) is 8.20. The highest BCUT2D eigenvalue weighted by atomic mass is 35.5. The molecule has 1 atom stereocenters. The fraction of sp³-hybridized carbons (Fsp3) is 0.368. The third kappa shape index (κ3) is 4.26. The highest BCUT2D eigenvalue weighted by Gasteiger charge is 2.30. The van der Waals surface area contributed by atoms with Gasteiger partial charge in [0.2, 0.25) is 11.8 Å². The number of thiophene rings is 1. The summed E-state index contributed by atoms with van der Waals surface area (Å²) >= 11 is 7.54. The van der Waals surface area contributed by atoms with Gasteiger partial charge in [-0.15, -0.1) is 11.3 Å². The minimum atomic E-state index is -0.193. The molecule has 0 bridgehead atoms. The fourth-order valence-electron chi connectivity index (χ4n) is 3.17. The third-order valence-corrected chi connectivity index (χ3v) is 5.66. The highest BCUT2D eigenvalue weighted by Crippen LogP contribution is 2.31. The first-order valence-electron chi connectivity index (χ1n) is 8.65. The Morgan fingerprint density at radius 2 is 2.12 bits per heavy atom. The van der Waals surface area contributed by atoms with Gasteiger partial charge in [-0.1, -0.05) is 30.7 Å². The molecule has 2 heterocycles. The number of rotatable bonds is 5. The fourth-order valence-corrected chi connectivity index (χ4v) is 4.30. The molecule has 0 unspecified atom stereocenters. The van der Waals surface area contributed by atoms with Crippen molar-refractivity contribution in [3.63, 3.8) is 0 Å². The second-order valence-electron chi connectivity index (χ2n) is 6.39. The summed E-state index contributed by atoms with van der Waals surface area (Å²) in [6.45, 7) is 5.67. The van der Waals surface area contributed by atoms with Gasteiger partial charge in [-0.05, 0) is 37.7 Å². The Balaban J connectivity index is 1.79. The third-order valence-electron chi connectivity index (χ3n) is 4.44. The van der Waals surface area contributed by atoms with E-state index in [2.05, 4.69) is 10.2 Å². The number of halogens is 1. The molecular weight excluding hydrogens is 370 g/mol. The Morgan fingerprint density at radius 3 is 2.81 bits per heavy atom. The number of anilines is 2. The summed E-state index contributed by atoms with van der Waals surface area (Å²) in [5.41, 5.74) is 1.44. The summed E-state index contributed by atoms with van der Waals surface area (Å²) in [7, 11) is 0. The lowest BCUT2D eigenvalue weighted by Crippen LogP contribution is -2.44. The molecule has 1 aromatic carbocycles. The molecule has 0 radical (unpaired) electrons. The summed E-state index contributed by atoms with van der Waals surface area (Å²) in [6, 6.07) is 11.1. The average molecular weight is 392 g/mol. The lowest BCUT2D eigenvalue weighted by atomic mass is 10.1. The molecule has 0 saturated heterocycles. The Bertz CT molecular complexity index is 808. The van der Waals surface area contributed by atoms with E-state index in [1.807, 2.05) is 50.2 Å². The van der Waals surface area contributed by atoms with E-state index >= 15 is 0 Å². The number of nitrogens with zero attached hydrogens (tertiary/aromatic N) is 2. The predicted octanol–water partition coefficient (Wildman–Crippen LogP) is 3.99. The topological polar surface area (TPSA) is 52.7 Å². The van der Waals surface area contributed by atoms with Crippen LogP contribution in [-0.4, -0.2) is 35.8 Å². The minimum Gasteiger partial charge on any atom is -0.324 e. The van der Waals surface area contributed by atoms with Crippen LogP contribution in [-0.2, 0) is 16.1 Å². The molecule has 0 saturated carbocycles. The summed E-state index contributed by atoms with van der Waals surface area (Å²) in [4.78, 5) is 30.2. The van der Waals surface area contributed by atoms with E-state index in [4.69, 9.17) is 11.6 Å². The normalized spacial score (nSPS) is 17.0. The zero-order valence-electron chi connectivity index (χ0n) is 14.9. The monoisotopic (exact) mass is 391 g/mol. The number of hydrogen-bond acceptors (Lipinski definition) is 4. The molecule has 2 aromatic rings. The predicted molar refractivity (Wildman–Crippen MR) is 107 cm³/mol. The van der Waals surface area contributed by atoms with Gasteiger partial charge in [0.05, 0.1) is 22.3 Å². The number of benzene rings is 1. The zero-order valence-corrected chi connectivity index (χ0v) is 16.4. The van der Waals surface area contributed by atoms with Gasteiger partial charge in [0.15, 0.2) is 0 Å². The lowest BCUT2D eigenvalue weighted by molar-refractivity contribution is -0.120. The van der Waals surface area contributed by atoms with Gasteiger partial charge in [0.25, 0.3) is 0 Å². The Labute approximate surface area is 162 Å². The molecule has 1 aliphatic heterocycles. The zero-order chi connectivity index (χ0) is 18.7. The molecule has 0 aliphatic carbocycles. The van der Waals surface area contributed by atoms with Gasteiger partial charge in [0.1, 0.15) is 0 Å². The number of carbonyl (C=O) groups excluding carboxylic acids is 2. The molecule has 1 aromatic heterocycles. The van der Waals surface area contributed by atoms with Crippen molar-refractivity contribution in [1.29, 1.82) is 0 Å². The van der Waals surface area contributed by atoms with Crippen molar-refractivity contribution < 1.29 is 9.59 Å². The van der Waals surface area contributed by atoms with E-state index in [0.717, 1.165) is 21.4 Å². The van der Waals surface area contributed by atoms with Crippen molar-refractivity contribution in [3.8, 4) is 0 Å². The van der Waals surface area contributed by atoms with Crippen molar-refractivity contribution in [2.45, 2.75) is 32.9 Å². The van der Waals surface area contributed by atoms with Crippen LogP contribution >= 0.6 is 22.9 Å². The van der Waals surface area contributed by atoms with Crippen molar-refractivity contribution in [3.05, 3.63) is 45.6 Å². The number of para-hydroxylation sites is 2. The first kappa shape index (κ1) is 18.9. The SMILES string of the molecule is CCN(CC(=O)N1c2ccccc2NC(=O)C[C@H]1C)Cc1ccc(Cl)s1. The van der Waals surface area contributed by atoms with Gasteiger partial charge in [0, 0.05) is 23.9 Å². The maximum absolute atomic E-state index is 13.1. The maximum Gasteiger partial charge on any atom is 0.241 e. The van der Waals surface area contributed by atoms with E-state index in [-0.39, 0.29) is 24.3 Å². The molecule has 5 nitrogen and oxygen atoms in total. The molecule has 0 spiro atoms. The quantitative estimate of drug-likeness (QED) is 0.838. The molecule has 1 N–H and O–H groups in total. The molecule has 3 rings (SSSR count). The van der Waals surface area contributed by atoms with Gasteiger partial charge in [-0.25, -0.2) is 0 Å². The molecular formula is C19H22ClN3O2S. The number of nitrogens with one attached hydrogen (secondary N) is 1. The molecule has 7 heteroatoms. The van der Waals surface area contributed by atoms with E-state index in [1.54, 1.807) is 4.90 Å². The lowest BCUT2D eigenvalue weighted by Gasteiger charge is -2.30. The minimum absolute atomic E-state index is 0.00838. The van der Waals surface area contributed by atoms with Crippen molar-refractivity contribution in [2.24, 2.45) is 0 Å². The van der Waals surface area contributed by atoms with Crippen LogP contribution in [0.3, 0.4) is 0 Å². The largest absolute Gasteiger partial charge is 0.324 e. The molecule has 26 heavy (non-hydrogen) atoms. The maximum atomic E-state index is 13.1. The number of carbonyl (C=O) groups is 2. The van der Waals surface area contributed by atoms with Crippen LogP contribution in [0.1, 0.15) is 25.1 Å². The van der Waals surface area contributed by atoms with E-state index in [0.29, 0.717) is 18.8 Å². The number of hydrogen-bond donors (Lipinski definition) is 1. The molecule has 138 valence electrons. The summed E-state index contributed by atoms with van der Waals surface area (Å²) < 4.78 is 0.752. The van der Waals surface area contributed by atoms with Crippen LogP contribution in [0.2, 0.25) is 4.34 Å².